The molecule has 0 aromatic heterocycles. The maximum Gasteiger partial charge on any atom is 0.313 e. The first kappa shape index (κ1) is 12.0. The number of aliphatic carboxylic acids is 1. The minimum Gasteiger partial charge on any atom is -0.481 e. The molecule has 1 N–H and O–H groups in total. The van der Waals surface area contributed by atoms with Crippen molar-refractivity contribution >= 4 is 29.5 Å². The molecule has 1 atom stereocenters. The van der Waals surface area contributed by atoms with Gasteiger partial charge < -0.3 is 5.11 Å². The smallest absolute Gasteiger partial charge is 0.313 e. The lowest BCUT2D eigenvalue weighted by Gasteiger charge is -2.12. The fourth-order valence-electron chi connectivity index (χ4n) is 1.41. The van der Waals surface area contributed by atoms with Gasteiger partial charge in [0.05, 0.1) is 11.0 Å². The van der Waals surface area contributed by atoms with E-state index in [1.807, 2.05) is 6.92 Å². The van der Waals surface area contributed by atoms with Crippen LogP contribution in [0.2, 0.25) is 0 Å². The second-order valence-corrected chi connectivity index (χ2v) is 4.47. The summed E-state index contributed by atoms with van der Waals surface area (Å²) in [6.45, 7) is 2.32. The molecule has 6 heteroatoms. The van der Waals surface area contributed by atoms with Gasteiger partial charge in [0.25, 0.3) is 0 Å². The molecule has 0 bridgehead atoms. The SMILES string of the molecule is CCCN1C(=O)CC(SCC(=O)O)C1=O. The van der Waals surface area contributed by atoms with E-state index in [9.17, 15) is 14.4 Å². The lowest BCUT2D eigenvalue weighted by atomic mass is 10.4. The zero-order chi connectivity index (χ0) is 11.4. The summed E-state index contributed by atoms with van der Waals surface area (Å²) in [5, 5.41) is 7.96. The maximum absolute atomic E-state index is 11.6. The number of rotatable bonds is 5. The second-order valence-electron chi connectivity index (χ2n) is 3.28. The van der Waals surface area contributed by atoms with Gasteiger partial charge >= 0.3 is 5.97 Å². The third kappa shape index (κ3) is 2.95. The molecule has 1 aliphatic heterocycles. The van der Waals surface area contributed by atoms with Gasteiger partial charge in [0.1, 0.15) is 0 Å². The Labute approximate surface area is 91.8 Å². The summed E-state index contributed by atoms with van der Waals surface area (Å²) >= 11 is 1.02. The van der Waals surface area contributed by atoms with Crippen molar-refractivity contribution in [2.75, 3.05) is 12.3 Å². The molecular formula is C9H13NO4S. The lowest BCUT2D eigenvalue weighted by Crippen LogP contribution is -2.32. The normalized spacial score (nSPS) is 21.1. The van der Waals surface area contributed by atoms with Crippen molar-refractivity contribution in [2.24, 2.45) is 0 Å². The summed E-state index contributed by atoms with van der Waals surface area (Å²) in [6, 6.07) is 0. The van der Waals surface area contributed by atoms with Gasteiger partial charge in [-0.3, -0.25) is 19.3 Å². The summed E-state index contributed by atoms with van der Waals surface area (Å²) < 4.78 is 0. The predicted octanol–water partition coefficient (Wildman–Crippen LogP) is 0.342. The number of carboxylic acids is 1. The Kier molecular flexibility index (Phi) is 4.14. The number of carbonyl (C=O) groups is 3. The number of hydrogen-bond donors (Lipinski definition) is 1. The Morgan fingerprint density at radius 3 is 2.80 bits per heavy atom. The number of imide groups is 1. The van der Waals surface area contributed by atoms with Crippen LogP contribution < -0.4 is 0 Å². The third-order valence-electron chi connectivity index (χ3n) is 2.06. The van der Waals surface area contributed by atoms with Gasteiger partial charge in [-0.05, 0) is 6.42 Å². The number of hydrogen-bond acceptors (Lipinski definition) is 4. The lowest BCUT2D eigenvalue weighted by molar-refractivity contribution is -0.138. The summed E-state index contributed by atoms with van der Waals surface area (Å²) in [7, 11) is 0. The summed E-state index contributed by atoms with van der Waals surface area (Å²) in [5.41, 5.74) is 0. The van der Waals surface area contributed by atoms with Crippen LogP contribution in [-0.2, 0) is 14.4 Å². The van der Waals surface area contributed by atoms with Crippen LogP contribution in [0, 0.1) is 0 Å². The molecule has 84 valence electrons. The predicted molar refractivity (Wildman–Crippen MR) is 55.5 cm³/mol. The number of carboxylic acid groups (broad SMARTS) is 1. The molecule has 5 nitrogen and oxygen atoms in total. The van der Waals surface area contributed by atoms with Crippen LogP contribution in [0.5, 0.6) is 0 Å². The van der Waals surface area contributed by atoms with Gasteiger partial charge in [-0.25, -0.2) is 0 Å². The molecule has 1 heterocycles. The number of nitrogens with zero attached hydrogens (tertiary/aromatic N) is 1. The largest absolute Gasteiger partial charge is 0.481 e. The molecule has 1 rings (SSSR count). The zero-order valence-electron chi connectivity index (χ0n) is 8.43. The van der Waals surface area contributed by atoms with Crippen LogP contribution in [0.3, 0.4) is 0 Å². The van der Waals surface area contributed by atoms with Crippen molar-refractivity contribution in [3.8, 4) is 0 Å². The maximum atomic E-state index is 11.6. The second kappa shape index (κ2) is 5.16. The number of carbonyl (C=O) groups excluding carboxylic acids is 2. The number of amides is 2. The molecule has 1 saturated heterocycles. The Morgan fingerprint density at radius 2 is 2.27 bits per heavy atom. The molecule has 0 aromatic carbocycles. The molecule has 0 aliphatic carbocycles. The third-order valence-corrected chi connectivity index (χ3v) is 3.24. The minimum absolute atomic E-state index is 0.135. The zero-order valence-corrected chi connectivity index (χ0v) is 9.25. The van der Waals surface area contributed by atoms with E-state index in [-0.39, 0.29) is 24.0 Å². The Morgan fingerprint density at radius 1 is 1.60 bits per heavy atom. The average molecular weight is 231 g/mol. The van der Waals surface area contributed by atoms with Crippen LogP contribution >= 0.6 is 11.8 Å². The van der Waals surface area contributed by atoms with E-state index in [0.29, 0.717) is 6.54 Å². The molecule has 15 heavy (non-hydrogen) atoms. The fourth-order valence-corrected chi connectivity index (χ4v) is 2.29. The highest BCUT2D eigenvalue weighted by atomic mass is 32.2. The molecule has 0 saturated carbocycles. The summed E-state index contributed by atoms with van der Waals surface area (Å²) in [5.74, 6) is -1.53. The molecule has 1 aliphatic rings. The van der Waals surface area contributed by atoms with Crippen molar-refractivity contribution in [3.63, 3.8) is 0 Å². The van der Waals surface area contributed by atoms with Crippen molar-refractivity contribution in [2.45, 2.75) is 25.0 Å². The highest BCUT2D eigenvalue weighted by molar-refractivity contribution is 8.01. The van der Waals surface area contributed by atoms with E-state index >= 15 is 0 Å². The summed E-state index contributed by atoms with van der Waals surface area (Å²) in [4.78, 5) is 34.5. The van der Waals surface area contributed by atoms with E-state index < -0.39 is 11.2 Å². The molecular weight excluding hydrogens is 218 g/mol. The van der Waals surface area contributed by atoms with Crippen molar-refractivity contribution in [1.82, 2.24) is 4.90 Å². The first-order valence-corrected chi connectivity index (χ1v) is 5.78. The monoisotopic (exact) mass is 231 g/mol. The highest BCUT2D eigenvalue weighted by Gasteiger charge is 2.38. The molecule has 0 aromatic rings. The average Bonchev–Trinajstić information content (AvgIpc) is 2.43. The van der Waals surface area contributed by atoms with Gasteiger partial charge in [-0.15, -0.1) is 11.8 Å². The first-order valence-electron chi connectivity index (χ1n) is 4.73. The number of likely N-dealkylation sites (tertiary alicyclic amines) is 1. The molecule has 1 fully saturated rings. The van der Waals surface area contributed by atoms with Crippen molar-refractivity contribution < 1.29 is 19.5 Å². The van der Waals surface area contributed by atoms with Crippen LogP contribution in [0.1, 0.15) is 19.8 Å². The van der Waals surface area contributed by atoms with Crippen molar-refractivity contribution in [3.05, 3.63) is 0 Å². The van der Waals surface area contributed by atoms with Crippen LogP contribution in [0.15, 0.2) is 0 Å². The van der Waals surface area contributed by atoms with Crippen LogP contribution in [0.25, 0.3) is 0 Å². The number of thioether (sulfide) groups is 1. The van der Waals surface area contributed by atoms with Crippen LogP contribution in [-0.4, -0.2) is 45.3 Å². The van der Waals surface area contributed by atoms with Gasteiger partial charge in [0.15, 0.2) is 0 Å². The standard InChI is InChI=1S/C9H13NO4S/c1-2-3-10-7(11)4-6(9(10)14)15-5-8(12)13/h6H,2-5H2,1H3,(H,12,13). The fraction of sp³-hybridized carbons (Fsp3) is 0.667. The molecule has 1 unspecified atom stereocenters. The van der Waals surface area contributed by atoms with E-state index in [1.165, 1.54) is 4.90 Å². The Bertz CT molecular complexity index is 292. The van der Waals surface area contributed by atoms with Crippen molar-refractivity contribution in [1.29, 1.82) is 0 Å². The first-order chi connectivity index (χ1) is 7.06. The van der Waals surface area contributed by atoms with Gasteiger partial charge in [0, 0.05) is 13.0 Å². The van der Waals surface area contributed by atoms with Gasteiger partial charge in [-0.2, -0.15) is 0 Å². The topological polar surface area (TPSA) is 74.7 Å². The Balaban J connectivity index is 2.53. The Hall–Kier alpha value is -1.04. The van der Waals surface area contributed by atoms with E-state index in [1.54, 1.807) is 0 Å². The van der Waals surface area contributed by atoms with Gasteiger partial charge in [0.2, 0.25) is 11.8 Å². The quantitative estimate of drug-likeness (QED) is 0.691. The summed E-state index contributed by atoms with van der Waals surface area (Å²) in [6.07, 6.45) is 0.866. The van der Waals surface area contributed by atoms with Gasteiger partial charge in [-0.1, -0.05) is 6.92 Å². The van der Waals surface area contributed by atoms with Crippen LogP contribution in [0.4, 0.5) is 0 Å². The molecule has 0 radical (unpaired) electrons. The van der Waals surface area contributed by atoms with E-state index in [2.05, 4.69) is 0 Å². The highest BCUT2D eigenvalue weighted by Crippen LogP contribution is 2.24. The molecule has 0 spiro atoms. The van der Waals surface area contributed by atoms with E-state index in [0.717, 1.165) is 18.2 Å². The van der Waals surface area contributed by atoms with E-state index in [4.69, 9.17) is 5.11 Å². The minimum atomic E-state index is -0.964. The molecule has 2 amide bonds.